The Kier molecular flexibility index (Phi) is 4.66. The SMILES string of the molecule is O=C(N[C@H]1[C@@H]2C[C@@H]([C@@H](O)[C@H]2O)[C@@H]1c1ccccc1)OCc1ccccc1. The lowest BCUT2D eigenvalue weighted by molar-refractivity contribution is -0.0334. The third-order valence-corrected chi connectivity index (χ3v) is 5.76. The monoisotopic (exact) mass is 353 g/mol. The highest BCUT2D eigenvalue weighted by Gasteiger charge is 2.58. The van der Waals surface area contributed by atoms with Gasteiger partial charge in [0.25, 0.3) is 0 Å². The molecule has 1 amide bonds. The van der Waals surface area contributed by atoms with Gasteiger partial charge in [0.15, 0.2) is 0 Å². The summed E-state index contributed by atoms with van der Waals surface area (Å²) in [6, 6.07) is 19.1. The van der Waals surface area contributed by atoms with Crippen molar-refractivity contribution in [3.63, 3.8) is 0 Å². The lowest BCUT2D eigenvalue weighted by Crippen LogP contribution is -2.51. The summed E-state index contributed by atoms with van der Waals surface area (Å²) in [6.07, 6.45) is -1.34. The summed E-state index contributed by atoms with van der Waals surface area (Å²) in [5.41, 5.74) is 1.99. The molecular weight excluding hydrogens is 330 g/mol. The number of carbonyl (C=O) groups is 1. The Morgan fingerprint density at radius 2 is 1.58 bits per heavy atom. The topological polar surface area (TPSA) is 78.8 Å². The molecule has 4 rings (SSSR count). The zero-order chi connectivity index (χ0) is 18.1. The second kappa shape index (κ2) is 7.09. The van der Waals surface area contributed by atoms with Gasteiger partial charge in [0.2, 0.25) is 0 Å². The molecule has 0 spiro atoms. The minimum atomic E-state index is -0.806. The molecule has 2 aromatic rings. The van der Waals surface area contributed by atoms with Crippen LogP contribution >= 0.6 is 0 Å². The standard InChI is InChI=1S/C21H23NO4/c23-19-15-11-16(20(19)24)18(17(15)14-9-5-2-6-10-14)22-21(25)26-12-13-7-3-1-4-8-13/h1-10,15-20,23-24H,11-12H2,(H,22,25)/t15-,16+,17+,18+,19-,20+/m1/s1. The number of alkyl carbamates (subject to hydrolysis) is 1. The van der Waals surface area contributed by atoms with E-state index in [0.29, 0.717) is 6.42 Å². The second-order valence-electron chi connectivity index (χ2n) is 7.21. The maximum Gasteiger partial charge on any atom is 0.407 e. The Balaban J connectivity index is 1.47. The number of carbonyl (C=O) groups excluding carboxylic acids is 1. The zero-order valence-electron chi connectivity index (χ0n) is 14.4. The zero-order valence-corrected chi connectivity index (χ0v) is 14.4. The molecule has 2 aliphatic carbocycles. The molecule has 0 unspecified atom stereocenters. The van der Waals surface area contributed by atoms with E-state index in [1.54, 1.807) is 0 Å². The number of rotatable bonds is 4. The fraction of sp³-hybridized carbons (Fsp3) is 0.381. The molecule has 2 saturated carbocycles. The first-order chi connectivity index (χ1) is 12.6. The highest BCUT2D eigenvalue weighted by atomic mass is 16.5. The molecule has 0 radical (unpaired) electrons. The van der Waals surface area contributed by atoms with Crippen LogP contribution in [0.4, 0.5) is 4.79 Å². The third-order valence-electron chi connectivity index (χ3n) is 5.76. The molecule has 0 saturated heterocycles. The molecule has 136 valence electrons. The summed E-state index contributed by atoms with van der Waals surface area (Å²) >= 11 is 0. The number of aliphatic hydroxyl groups is 2. The maximum absolute atomic E-state index is 12.3. The van der Waals surface area contributed by atoms with Gasteiger partial charge < -0.3 is 20.3 Å². The molecule has 0 aliphatic heterocycles. The second-order valence-corrected chi connectivity index (χ2v) is 7.21. The van der Waals surface area contributed by atoms with E-state index in [1.165, 1.54) is 0 Å². The molecule has 2 aromatic carbocycles. The van der Waals surface area contributed by atoms with Gasteiger partial charge in [-0.2, -0.15) is 0 Å². The molecule has 5 heteroatoms. The summed E-state index contributed by atoms with van der Waals surface area (Å²) in [5.74, 6) is -0.245. The molecule has 3 N–H and O–H groups in total. The van der Waals surface area contributed by atoms with Crippen LogP contribution in [0.25, 0.3) is 0 Å². The van der Waals surface area contributed by atoms with E-state index >= 15 is 0 Å². The molecule has 6 atom stereocenters. The van der Waals surface area contributed by atoms with Gasteiger partial charge in [-0.1, -0.05) is 60.7 Å². The first kappa shape index (κ1) is 17.1. The summed E-state index contributed by atoms with van der Waals surface area (Å²) in [5, 5.41) is 23.6. The smallest absolute Gasteiger partial charge is 0.407 e. The lowest BCUT2D eigenvalue weighted by atomic mass is 9.77. The van der Waals surface area contributed by atoms with E-state index in [4.69, 9.17) is 4.74 Å². The number of ether oxygens (including phenoxy) is 1. The van der Waals surface area contributed by atoms with Crippen molar-refractivity contribution in [1.82, 2.24) is 5.32 Å². The Bertz CT molecular complexity index is 751. The van der Waals surface area contributed by atoms with Crippen LogP contribution in [0.15, 0.2) is 60.7 Å². The van der Waals surface area contributed by atoms with Crippen LogP contribution in [0.1, 0.15) is 23.5 Å². The minimum Gasteiger partial charge on any atom is -0.445 e. The van der Waals surface area contributed by atoms with Crippen molar-refractivity contribution in [2.75, 3.05) is 0 Å². The summed E-state index contributed by atoms with van der Waals surface area (Å²) in [6.45, 7) is 0.203. The van der Waals surface area contributed by atoms with E-state index in [2.05, 4.69) is 5.32 Å². The quantitative estimate of drug-likeness (QED) is 0.789. The maximum atomic E-state index is 12.3. The number of fused-ring (bicyclic) bond motifs is 2. The van der Waals surface area contributed by atoms with E-state index < -0.39 is 18.3 Å². The molecule has 2 fully saturated rings. The van der Waals surface area contributed by atoms with Crippen molar-refractivity contribution in [3.8, 4) is 0 Å². The molecule has 0 aromatic heterocycles. The van der Waals surface area contributed by atoms with Crippen molar-refractivity contribution in [1.29, 1.82) is 0 Å². The summed E-state index contributed by atoms with van der Waals surface area (Å²) in [7, 11) is 0. The Labute approximate surface area is 152 Å². The number of hydrogen-bond acceptors (Lipinski definition) is 4. The molecule has 0 heterocycles. The van der Waals surface area contributed by atoms with Gasteiger partial charge in [0.1, 0.15) is 6.61 Å². The van der Waals surface area contributed by atoms with Crippen molar-refractivity contribution < 1.29 is 19.7 Å². The van der Waals surface area contributed by atoms with Crippen LogP contribution < -0.4 is 5.32 Å². The molecule has 26 heavy (non-hydrogen) atoms. The van der Waals surface area contributed by atoms with E-state index in [0.717, 1.165) is 11.1 Å². The number of amides is 1. The van der Waals surface area contributed by atoms with E-state index in [1.807, 2.05) is 60.7 Å². The summed E-state index contributed by atoms with van der Waals surface area (Å²) in [4.78, 5) is 12.3. The van der Waals surface area contributed by atoms with Crippen molar-refractivity contribution in [2.24, 2.45) is 11.8 Å². The van der Waals surface area contributed by atoms with Crippen molar-refractivity contribution in [3.05, 3.63) is 71.8 Å². The predicted molar refractivity (Wildman–Crippen MR) is 96.3 cm³/mol. The van der Waals surface area contributed by atoms with E-state index in [9.17, 15) is 15.0 Å². The predicted octanol–water partition coefficient (Wildman–Crippen LogP) is 2.44. The van der Waals surface area contributed by atoms with Gasteiger partial charge in [0.05, 0.1) is 12.2 Å². The van der Waals surface area contributed by atoms with Crippen LogP contribution in [0.3, 0.4) is 0 Å². The number of benzene rings is 2. The van der Waals surface area contributed by atoms with Crippen LogP contribution in [0, 0.1) is 11.8 Å². The molecule has 2 bridgehead atoms. The number of aliphatic hydroxyl groups excluding tert-OH is 2. The van der Waals surface area contributed by atoms with Crippen LogP contribution in [0.5, 0.6) is 0 Å². The Hall–Kier alpha value is -2.37. The van der Waals surface area contributed by atoms with Gasteiger partial charge in [-0.05, 0) is 23.5 Å². The Morgan fingerprint density at radius 3 is 2.27 bits per heavy atom. The lowest BCUT2D eigenvalue weighted by Gasteiger charge is -2.37. The molecule has 2 aliphatic rings. The highest BCUT2D eigenvalue weighted by Crippen LogP contribution is 2.53. The van der Waals surface area contributed by atoms with Gasteiger partial charge in [-0.25, -0.2) is 4.79 Å². The minimum absolute atomic E-state index is 0.0242. The van der Waals surface area contributed by atoms with Crippen LogP contribution in [-0.2, 0) is 11.3 Å². The van der Waals surface area contributed by atoms with Gasteiger partial charge >= 0.3 is 6.09 Å². The third kappa shape index (κ3) is 3.08. The average molecular weight is 353 g/mol. The summed E-state index contributed by atoms with van der Waals surface area (Å²) < 4.78 is 5.35. The Morgan fingerprint density at radius 1 is 0.962 bits per heavy atom. The first-order valence-electron chi connectivity index (χ1n) is 9.03. The molecule has 5 nitrogen and oxygen atoms in total. The van der Waals surface area contributed by atoms with Gasteiger partial charge in [0, 0.05) is 17.9 Å². The van der Waals surface area contributed by atoms with Crippen molar-refractivity contribution in [2.45, 2.75) is 37.2 Å². The van der Waals surface area contributed by atoms with Crippen LogP contribution in [0.2, 0.25) is 0 Å². The van der Waals surface area contributed by atoms with Gasteiger partial charge in [-0.3, -0.25) is 0 Å². The average Bonchev–Trinajstić information content (AvgIpc) is 3.18. The number of hydrogen-bond donors (Lipinski definition) is 3. The largest absolute Gasteiger partial charge is 0.445 e. The highest BCUT2D eigenvalue weighted by molar-refractivity contribution is 5.68. The van der Waals surface area contributed by atoms with E-state index in [-0.39, 0.29) is 30.4 Å². The van der Waals surface area contributed by atoms with Crippen molar-refractivity contribution >= 4 is 6.09 Å². The van der Waals surface area contributed by atoms with Gasteiger partial charge in [-0.15, -0.1) is 0 Å². The first-order valence-corrected chi connectivity index (χ1v) is 9.03. The molecular formula is C21H23NO4. The number of nitrogens with one attached hydrogen (secondary N) is 1. The van der Waals surface area contributed by atoms with Crippen LogP contribution in [-0.4, -0.2) is 34.6 Å². The normalized spacial score (nSPS) is 32.4. The fourth-order valence-electron chi connectivity index (χ4n) is 4.58. The fourth-order valence-corrected chi connectivity index (χ4v) is 4.58.